The molecule has 14 nitrogen and oxygen atoms in total. The van der Waals surface area contributed by atoms with E-state index >= 15 is 0 Å². The van der Waals surface area contributed by atoms with Crippen LogP contribution in [0.15, 0.2) is 31.1 Å². The van der Waals surface area contributed by atoms with Gasteiger partial charge in [-0.15, -0.1) is 6.42 Å². The van der Waals surface area contributed by atoms with Crippen LogP contribution in [0.2, 0.25) is 0 Å². The summed E-state index contributed by atoms with van der Waals surface area (Å²) < 4.78 is 9.57. The summed E-state index contributed by atoms with van der Waals surface area (Å²) in [4.78, 5) is 64.5. The van der Waals surface area contributed by atoms with E-state index in [9.17, 15) is 19.2 Å². The highest BCUT2D eigenvalue weighted by Gasteiger charge is 2.29. The fraction of sp³-hybridized carbons (Fsp3) is 0.250. The van der Waals surface area contributed by atoms with Gasteiger partial charge >= 0.3 is 11.9 Å². The van der Waals surface area contributed by atoms with Gasteiger partial charge in [0.1, 0.15) is 12.1 Å². The molecule has 2 heterocycles. The quantitative estimate of drug-likeness (QED) is 0.112. The molecule has 0 fully saturated rings. The van der Waals surface area contributed by atoms with Crippen LogP contribution in [0.25, 0.3) is 0 Å². The van der Waals surface area contributed by atoms with Gasteiger partial charge in [0.05, 0.1) is 54.9 Å². The van der Waals surface area contributed by atoms with Gasteiger partial charge in [0.25, 0.3) is 11.8 Å². The van der Waals surface area contributed by atoms with Crippen LogP contribution in [-0.4, -0.2) is 70.0 Å². The Hall–Kier alpha value is -5.32. The van der Waals surface area contributed by atoms with Gasteiger partial charge < -0.3 is 41.5 Å². The molecular formula is C24H26N8O6. The van der Waals surface area contributed by atoms with Gasteiger partial charge in [-0.2, -0.15) is 0 Å². The number of hydrogen-bond donors (Lipinski definition) is 6. The number of rotatable bonds is 10. The minimum Gasteiger partial charge on any atom is -0.467 e. The smallest absolute Gasteiger partial charge is 0.328 e. The molecule has 2 atom stereocenters. The molecule has 0 bridgehead atoms. The van der Waals surface area contributed by atoms with Gasteiger partial charge in [-0.3, -0.25) is 9.59 Å². The van der Waals surface area contributed by atoms with Crippen molar-refractivity contribution in [2.75, 3.05) is 25.7 Å². The minimum atomic E-state index is -1.12. The number of H-pyrrole nitrogens is 2. The molecule has 2 amide bonds. The van der Waals surface area contributed by atoms with Gasteiger partial charge in [0.15, 0.2) is 0 Å². The Kier molecular flexibility index (Phi) is 8.67. The fourth-order valence-corrected chi connectivity index (χ4v) is 3.62. The number of amides is 2. The maximum atomic E-state index is 13.2. The molecule has 38 heavy (non-hydrogen) atoms. The lowest BCUT2D eigenvalue weighted by atomic mass is 9.98. The first-order chi connectivity index (χ1) is 18.2. The summed E-state index contributed by atoms with van der Waals surface area (Å²) in [5.41, 5.74) is 12.5. The average Bonchev–Trinajstić information content (AvgIpc) is 3.61. The van der Waals surface area contributed by atoms with Crippen LogP contribution in [-0.2, 0) is 31.9 Å². The van der Waals surface area contributed by atoms with Gasteiger partial charge in [0.2, 0.25) is 0 Å². The molecule has 0 aliphatic carbocycles. The number of aromatic nitrogens is 4. The van der Waals surface area contributed by atoms with Crippen LogP contribution in [0.4, 0.5) is 11.4 Å². The third-order valence-corrected chi connectivity index (χ3v) is 5.58. The van der Waals surface area contributed by atoms with E-state index < -0.39 is 35.8 Å². The van der Waals surface area contributed by atoms with Crippen molar-refractivity contribution in [2.45, 2.75) is 24.9 Å². The first kappa shape index (κ1) is 27.3. The summed E-state index contributed by atoms with van der Waals surface area (Å²) in [6, 6.07) is -1.10. The standard InChI is InChI=1S/C24H26N8O6/c1-4-14-19(25)15(21(33)31-17(23(35)37-2)5-12-8-27-10-29-12)7-16(20(14)26)22(34)32-18(24(36)38-3)6-13-9-28-11-30-13/h1,7-11,17-18H,5-6,25-26H2,2-3H3,(H,27,29)(H,28,30)(H,31,33)(H,32,34)/t17-,18+. The van der Waals surface area contributed by atoms with Gasteiger partial charge in [-0.1, -0.05) is 5.92 Å². The number of esters is 2. The Labute approximate surface area is 216 Å². The minimum absolute atomic E-state index is 0.0387. The molecule has 0 saturated carbocycles. The highest BCUT2D eigenvalue weighted by Crippen LogP contribution is 2.28. The maximum Gasteiger partial charge on any atom is 0.328 e. The van der Waals surface area contributed by atoms with Crippen LogP contribution >= 0.6 is 0 Å². The highest BCUT2D eigenvalue weighted by molar-refractivity contribution is 6.09. The number of ether oxygens (including phenoxy) is 2. The molecule has 0 unspecified atom stereocenters. The topological polar surface area (TPSA) is 220 Å². The molecule has 0 radical (unpaired) electrons. The third kappa shape index (κ3) is 6.08. The molecular weight excluding hydrogens is 496 g/mol. The number of nitrogens with one attached hydrogen (secondary N) is 4. The normalized spacial score (nSPS) is 12.0. The molecule has 3 rings (SSSR count). The Morgan fingerprint density at radius 3 is 1.63 bits per heavy atom. The Morgan fingerprint density at radius 2 is 1.32 bits per heavy atom. The first-order valence-electron chi connectivity index (χ1n) is 11.1. The van der Waals surface area contributed by atoms with E-state index in [4.69, 9.17) is 27.4 Å². The number of nitrogens with two attached hydrogens (primary N) is 2. The zero-order chi connectivity index (χ0) is 27.8. The summed E-state index contributed by atoms with van der Waals surface area (Å²) in [6.45, 7) is 0. The highest BCUT2D eigenvalue weighted by atomic mass is 16.5. The molecule has 1 aromatic carbocycles. The zero-order valence-corrected chi connectivity index (χ0v) is 20.5. The van der Waals surface area contributed by atoms with Crippen molar-refractivity contribution in [3.63, 3.8) is 0 Å². The van der Waals surface area contributed by atoms with Crippen LogP contribution in [0.3, 0.4) is 0 Å². The summed E-state index contributed by atoms with van der Waals surface area (Å²) in [5.74, 6) is -0.799. The lowest BCUT2D eigenvalue weighted by Crippen LogP contribution is -2.44. The number of imidazole rings is 2. The lowest BCUT2D eigenvalue weighted by molar-refractivity contribution is -0.143. The molecule has 198 valence electrons. The van der Waals surface area contributed by atoms with Crippen LogP contribution in [0, 0.1) is 12.3 Å². The van der Waals surface area contributed by atoms with E-state index in [1.165, 1.54) is 39.3 Å². The van der Waals surface area contributed by atoms with Crippen molar-refractivity contribution < 1.29 is 28.7 Å². The van der Waals surface area contributed by atoms with Crippen molar-refractivity contribution in [3.05, 3.63) is 59.2 Å². The monoisotopic (exact) mass is 522 g/mol. The second kappa shape index (κ2) is 12.1. The lowest BCUT2D eigenvalue weighted by Gasteiger charge is -2.20. The number of carbonyl (C=O) groups is 4. The maximum absolute atomic E-state index is 13.2. The second-order valence-electron chi connectivity index (χ2n) is 7.98. The zero-order valence-electron chi connectivity index (χ0n) is 20.5. The Bertz CT molecular complexity index is 1270. The summed E-state index contributed by atoms with van der Waals surface area (Å²) in [5, 5.41) is 5.06. The van der Waals surface area contributed by atoms with Crippen LogP contribution in [0.1, 0.15) is 37.7 Å². The number of aromatic amines is 2. The largest absolute Gasteiger partial charge is 0.467 e. The summed E-state index contributed by atoms with van der Waals surface area (Å²) >= 11 is 0. The van der Waals surface area contributed by atoms with Crippen molar-refractivity contribution in [1.29, 1.82) is 0 Å². The van der Waals surface area contributed by atoms with Crippen molar-refractivity contribution in [3.8, 4) is 12.3 Å². The van der Waals surface area contributed by atoms with Crippen molar-refractivity contribution in [2.24, 2.45) is 0 Å². The third-order valence-electron chi connectivity index (χ3n) is 5.58. The molecule has 2 aromatic heterocycles. The first-order valence-corrected chi connectivity index (χ1v) is 11.1. The summed E-state index contributed by atoms with van der Waals surface area (Å²) in [6.07, 6.45) is 11.5. The van der Waals surface area contributed by atoms with Crippen LogP contribution < -0.4 is 22.1 Å². The number of hydrogen-bond acceptors (Lipinski definition) is 10. The fourth-order valence-electron chi connectivity index (χ4n) is 3.62. The predicted octanol–water partition coefficient (Wildman–Crippen LogP) is -0.693. The van der Waals surface area contributed by atoms with Crippen molar-refractivity contribution in [1.82, 2.24) is 30.6 Å². The predicted molar refractivity (Wildman–Crippen MR) is 134 cm³/mol. The molecule has 3 aromatic rings. The molecule has 0 saturated heterocycles. The number of nitrogen functional groups attached to an aromatic ring is 2. The van der Waals surface area contributed by atoms with E-state index in [-0.39, 0.29) is 40.9 Å². The van der Waals surface area contributed by atoms with Crippen molar-refractivity contribution >= 4 is 35.1 Å². The Morgan fingerprint density at radius 1 is 0.895 bits per heavy atom. The number of methoxy groups -OCH3 is 2. The molecule has 14 heteroatoms. The van der Waals surface area contributed by atoms with Gasteiger partial charge in [0, 0.05) is 36.6 Å². The number of carbonyl (C=O) groups excluding carboxylic acids is 4. The molecule has 0 aliphatic rings. The number of terminal acetylenes is 1. The second-order valence-corrected chi connectivity index (χ2v) is 7.98. The van der Waals surface area contributed by atoms with E-state index in [1.54, 1.807) is 0 Å². The van der Waals surface area contributed by atoms with E-state index in [0.29, 0.717) is 11.4 Å². The molecule has 0 aliphatic heterocycles. The van der Waals surface area contributed by atoms with Gasteiger partial charge in [-0.05, 0) is 6.07 Å². The van der Waals surface area contributed by atoms with Crippen LogP contribution in [0.5, 0.6) is 0 Å². The van der Waals surface area contributed by atoms with Gasteiger partial charge in [-0.25, -0.2) is 19.6 Å². The SMILES string of the molecule is C#Cc1c(N)c(C(=O)N[C@@H](Cc2cnc[nH]2)C(=O)OC)cc(C(=O)N[C@H](Cc2cnc[nH]2)C(=O)OC)c1N. The molecule has 8 N–H and O–H groups in total. The Balaban J connectivity index is 1.93. The van der Waals surface area contributed by atoms with E-state index in [2.05, 4.69) is 36.5 Å². The number of benzene rings is 1. The summed E-state index contributed by atoms with van der Waals surface area (Å²) in [7, 11) is 2.35. The van der Waals surface area contributed by atoms with E-state index in [1.807, 2.05) is 0 Å². The van der Waals surface area contributed by atoms with E-state index in [0.717, 1.165) is 6.07 Å². The number of nitrogens with zero attached hydrogens (tertiary/aromatic N) is 2. The number of anilines is 2. The average molecular weight is 523 g/mol. The molecule has 0 spiro atoms.